The molecule has 0 radical (unpaired) electrons. The molecule has 5 nitrogen and oxygen atoms in total. The number of carbonyl (C=O) groups is 2. The molecule has 0 bridgehead atoms. The van der Waals surface area contributed by atoms with Crippen molar-refractivity contribution in [3.63, 3.8) is 0 Å². The molecular weight excluding hydrogens is 470 g/mol. The Labute approximate surface area is 208 Å². The second kappa shape index (κ2) is 11.3. The maximum absolute atomic E-state index is 12.9. The van der Waals surface area contributed by atoms with Crippen molar-refractivity contribution in [3.8, 4) is 11.5 Å². The van der Waals surface area contributed by atoms with Crippen LogP contribution in [0.2, 0.25) is 5.02 Å². The second-order valence-corrected chi connectivity index (χ2v) is 9.01. The third-order valence-electron chi connectivity index (χ3n) is 5.20. The average molecular weight is 494 g/mol. The highest BCUT2D eigenvalue weighted by atomic mass is 35.5. The summed E-state index contributed by atoms with van der Waals surface area (Å²) in [5.74, 6) is 0.630. The summed E-state index contributed by atoms with van der Waals surface area (Å²) < 4.78 is 11.7. The monoisotopic (exact) mass is 493 g/mol. The zero-order valence-corrected chi connectivity index (χ0v) is 20.3. The lowest BCUT2D eigenvalue weighted by Crippen LogP contribution is -2.30. The van der Waals surface area contributed by atoms with Crippen LogP contribution in [-0.2, 0) is 17.8 Å². The summed E-state index contributed by atoms with van der Waals surface area (Å²) in [5.41, 5.74) is 2.74. The summed E-state index contributed by atoms with van der Waals surface area (Å²) in [6.45, 7) is 2.99. The van der Waals surface area contributed by atoms with Crippen LogP contribution in [0, 0.1) is 0 Å². The Morgan fingerprint density at radius 1 is 0.941 bits per heavy atom. The quantitative estimate of drug-likeness (QED) is 0.314. The maximum atomic E-state index is 12.9. The summed E-state index contributed by atoms with van der Waals surface area (Å²) in [4.78, 5) is 27.0. The number of thioether (sulfide) groups is 1. The van der Waals surface area contributed by atoms with E-state index in [0.29, 0.717) is 53.2 Å². The van der Waals surface area contributed by atoms with E-state index in [4.69, 9.17) is 21.1 Å². The van der Waals surface area contributed by atoms with Gasteiger partial charge in [-0.05, 0) is 60.0 Å². The number of hydrogen-bond donors (Lipinski definition) is 0. The van der Waals surface area contributed by atoms with E-state index >= 15 is 0 Å². The lowest BCUT2D eigenvalue weighted by molar-refractivity contribution is -0.122. The van der Waals surface area contributed by atoms with Crippen molar-refractivity contribution in [1.29, 1.82) is 0 Å². The molecule has 0 N–H and O–H groups in total. The van der Waals surface area contributed by atoms with E-state index in [1.54, 1.807) is 18.2 Å². The third kappa shape index (κ3) is 5.82. The molecule has 0 atom stereocenters. The molecule has 1 heterocycles. The fourth-order valence-electron chi connectivity index (χ4n) is 3.53. The number of halogens is 1. The molecule has 0 saturated carbocycles. The normalized spacial score (nSPS) is 14.6. The molecule has 0 unspecified atom stereocenters. The molecule has 3 aromatic rings. The average Bonchev–Trinajstić information content (AvgIpc) is 3.10. The molecule has 4 rings (SSSR count). The number of amides is 2. The van der Waals surface area contributed by atoms with Crippen LogP contribution in [-0.4, -0.2) is 29.2 Å². The van der Waals surface area contributed by atoms with Gasteiger partial charge in [-0.2, -0.15) is 0 Å². The fourth-order valence-corrected chi connectivity index (χ4v) is 4.67. The first kappa shape index (κ1) is 23.9. The molecule has 1 aliphatic heterocycles. The Bertz CT molecular complexity index is 1200. The van der Waals surface area contributed by atoms with E-state index in [1.165, 1.54) is 4.90 Å². The molecule has 2 amide bonds. The number of benzene rings is 3. The van der Waals surface area contributed by atoms with Crippen molar-refractivity contribution in [2.75, 3.05) is 13.2 Å². The predicted octanol–water partition coefficient (Wildman–Crippen LogP) is 6.60. The summed E-state index contributed by atoms with van der Waals surface area (Å²) in [6, 6.07) is 23.0. The molecule has 34 heavy (non-hydrogen) atoms. The van der Waals surface area contributed by atoms with Crippen LogP contribution in [0.1, 0.15) is 23.6 Å². The lowest BCUT2D eigenvalue weighted by atomic mass is 10.1. The van der Waals surface area contributed by atoms with Gasteiger partial charge in [-0.1, -0.05) is 72.3 Å². The number of carbonyl (C=O) groups excluding carboxylic acids is 2. The van der Waals surface area contributed by atoms with Crippen molar-refractivity contribution >= 4 is 40.6 Å². The van der Waals surface area contributed by atoms with Gasteiger partial charge in [-0.15, -0.1) is 0 Å². The van der Waals surface area contributed by atoms with Crippen LogP contribution in [0.5, 0.6) is 11.5 Å². The van der Waals surface area contributed by atoms with Gasteiger partial charge < -0.3 is 9.47 Å². The first-order chi connectivity index (χ1) is 16.5. The zero-order valence-electron chi connectivity index (χ0n) is 18.7. The number of hydrogen-bond acceptors (Lipinski definition) is 5. The number of rotatable bonds is 9. The van der Waals surface area contributed by atoms with Gasteiger partial charge in [0.15, 0.2) is 11.5 Å². The van der Waals surface area contributed by atoms with Crippen molar-refractivity contribution < 1.29 is 19.1 Å². The lowest BCUT2D eigenvalue weighted by Gasteiger charge is -2.15. The number of nitrogens with zero attached hydrogens (tertiary/aromatic N) is 1. The van der Waals surface area contributed by atoms with Crippen LogP contribution >= 0.6 is 23.4 Å². The highest BCUT2D eigenvalue weighted by Crippen LogP contribution is 2.39. The zero-order chi connectivity index (χ0) is 23.9. The van der Waals surface area contributed by atoms with Crippen molar-refractivity contribution in [2.45, 2.75) is 20.0 Å². The molecule has 3 aromatic carbocycles. The first-order valence-electron chi connectivity index (χ1n) is 11.0. The Morgan fingerprint density at radius 3 is 2.29 bits per heavy atom. The molecule has 1 aliphatic rings. The van der Waals surface area contributed by atoms with Crippen LogP contribution < -0.4 is 9.47 Å². The molecule has 0 aliphatic carbocycles. The first-order valence-corrected chi connectivity index (χ1v) is 12.2. The van der Waals surface area contributed by atoms with Crippen molar-refractivity contribution in [2.24, 2.45) is 0 Å². The fraction of sp³-hybridized carbons (Fsp3) is 0.185. The van der Waals surface area contributed by atoms with E-state index in [0.717, 1.165) is 22.9 Å². The number of ether oxygens (including phenoxy) is 2. The van der Waals surface area contributed by atoms with Crippen LogP contribution in [0.25, 0.3) is 6.08 Å². The minimum atomic E-state index is -0.301. The Kier molecular flexibility index (Phi) is 7.93. The van der Waals surface area contributed by atoms with Gasteiger partial charge in [0.2, 0.25) is 0 Å². The summed E-state index contributed by atoms with van der Waals surface area (Å²) in [6.07, 6.45) is 2.28. The molecule has 174 valence electrons. The van der Waals surface area contributed by atoms with Gasteiger partial charge in [0.05, 0.1) is 16.5 Å². The molecule has 0 aromatic heterocycles. The highest BCUT2D eigenvalue weighted by Gasteiger charge is 2.34. The Hall–Kier alpha value is -3.22. The summed E-state index contributed by atoms with van der Waals surface area (Å²) >= 11 is 7.46. The minimum absolute atomic E-state index is 0.272. The van der Waals surface area contributed by atoms with Crippen molar-refractivity contribution in [3.05, 3.63) is 99.4 Å². The Morgan fingerprint density at radius 2 is 1.62 bits per heavy atom. The minimum Gasteiger partial charge on any atom is -0.490 e. The molecular formula is C27H24ClNO4S. The third-order valence-corrected chi connectivity index (χ3v) is 6.38. The van der Waals surface area contributed by atoms with Gasteiger partial charge in [0, 0.05) is 6.54 Å². The van der Waals surface area contributed by atoms with E-state index in [9.17, 15) is 9.59 Å². The SMILES string of the molecule is CCOc1cc(/C=C2\SC(=O)N(CCc3ccccc3)C2=O)cc(Cl)c1OCc1ccccc1. The second-order valence-electron chi connectivity index (χ2n) is 7.61. The summed E-state index contributed by atoms with van der Waals surface area (Å²) in [5, 5.41) is 0.0996. The maximum Gasteiger partial charge on any atom is 0.293 e. The molecule has 1 fully saturated rings. The predicted molar refractivity (Wildman–Crippen MR) is 136 cm³/mol. The summed E-state index contributed by atoms with van der Waals surface area (Å²) in [7, 11) is 0. The van der Waals surface area contributed by atoms with E-state index < -0.39 is 0 Å². The van der Waals surface area contributed by atoms with E-state index in [2.05, 4.69) is 0 Å². The van der Waals surface area contributed by atoms with Crippen LogP contribution in [0.15, 0.2) is 77.7 Å². The molecule has 1 saturated heterocycles. The molecule has 0 spiro atoms. The van der Waals surface area contributed by atoms with Gasteiger partial charge in [-0.25, -0.2) is 0 Å². The van der Waals surface area contributed by atoms with Gasteiger partial charge in [-0.3, -0.25) is 14.5 Å². The molecule has 7 heteroatoms. The van der Waals surface area contributed by atoms with Crippen LogP contribution in [0.4, 0.5) is 4.79 Å². The standard InChI is InChI=1S/C27H24ClNO4S/c1-2-32-23-16-21(15-22(28)25(23)33-18-20-11-7-4-8-12-20)17-24-26(30)29(27(31)34-24)14-13-19-9-5-3-6-10-19/h3-12,15-17H,2,13-14,18H2,1H3/b24-17-. The number of imide groups is 1. The van der Waals surface area contributed by atoms with E-state index in [-0.39, 0.29) is 11.1 Å². The van der Waals surface area contributed by atoms with Gasteiger partial charge in [0.1, 0.15) is 6.61 Å². The Balaban J connectivity index is 1.51. The van der Waals surface area contributed by atoms with Gasteiger partial charge >= 0.3 is 0 Å². The van der Waals surface area contributed by atoms with Crippen LogP contribution in [0.3, 0.4) is 0 Å². The largest absolute Gasteiger partial charge is 0.490 e. The topological polar surface area (TPSA) is 55.8 Å². The van der Waals surface area contributed by atoms with E-state index in [1.807, 2.05) is 67.6 Å². The van der Waals surface area contributed by atoms with Crippen molar-refractivity contribution in [1.82, 2.24) is 4.90 Å². The highest BCUT2D eigenvalue weighted by molar-refractivity contribution is 8.18. The van der Waals surface area contributed by atoms with Gasteiger partial charge in [0.25, 0.3) is 11.1 Å². The smallest absolute Gasteiger partial charge is 0.293 e.